The second kappa shape index (κ2) is 26.8. The van der Waals surface area contributed by atoms with Crippen molar-refractivity contribution < 1.29 is 37.5 Å². The molecule has 4 aliphatic rings. The third-order valence-corrected chi connectivity index (χ3v) is 14.6. The zero-order valence-corrected chi connectivity index (χ0v) is 48.1. The van der Waals surface area contributed by atoms with Crippen LogP contribution in [0.1, 0.15) is 54.2 Å². The van der Waals surface area contributed by atoms with Crippen LogP contribution in [0.25, 0.3) is 12.2 Å². The number of nitrogens with one attached hydrogen (secondary N) is 3. The van der Waals surface area contributed by atoms with Crippen molar-refractivity contribution in [3.63, 3.8) is 0 Å². The fourth-order valence-corrected chi connectivity index (χ4v) is 10.7. The zero-order chi connectivity index (χ0) is 57.3. The first-order valence-corrected chi connectivity index (χ1v) is 27.3. The van der Waals surface area contributed by atoms with Crippen LogP contribution in [0.3, 0.4) is 0 Å². The number of rotatable bonds is 14. The normalized spacial score (nSPS) is 19.7. The minimum Gasteiger partial charge on any atom is -0.444 e. The van der Waals surface area contributed by atoms with Gasteiger partial charge in [-0.25, -0.2) is 13.6 Å². The van der Waals surface area contributed by atoms with E-state index in [1.807, 2.05) is 82.8 Å². The molecule has 0 aliphatic carbocycles. The number of carbonyl (C=O) groups is 5. The number of amides is 5. The lowest BCUT2D eigenvalue weighted by atomic mass is 9.99. The Morgan fingerprint density at radius 2 is 1.00 bits per heavy atom. The highest BCUT2D eigenvalue weighted by atomic mass is 35.5. The Morgan fingerprint density at radius 1 is 0.620 bits per heavy atom. The van der Waals surface area contributed by atoms with Crippen molar-refractivity contribution >= 4 is 76.5 Å². The van der Waals surface area contributed by atoms with Gasteiger partial charge in [-0.1, -0.05) is 47.5 Å². The summed E-state index contributed by atoms with van der Waals surface area (Å²) in [6.45, 7) is 15.7. The highest BCUT2D eigenvalue weighted by Crippen LogP contribution is 2.31. The summed E-state index contributed by atoms with van der Waals surface area (Å²) in [6.07, 6.45) is 6.16. The topological polar surface area (TPSA) is 153 Å². The van der Waals surface area contributed by atoms with Crippen LogP contribution in [0.5, 0.6) is 0 Å². The molecule has 4 fully saturated rings. The highest BCUT2D eigenvalue weighted by molar-refractivity contribution is 6.32. The molecule has 0 spiro atoms. The molecular formula is C59H74Cl2F2N10O6. The third kappa shape index (κ3) is 17.1. The van der Waals surface area contributed by atoms with Crippen molar-refractivity contribution in [2.45, 2.75) is 77.5 Å². The Bertz CT molecular complexity index is 2870. The molecule has 4 atom stereocenters. The van der Waals surface area contributed by atoms with Crippen LogP contribution < -0.4 is 16.0 Å². The van der Waals surface area contributed by atoms with Gasteiger partial charge in [0.2, 0.25) is 23.6 Å². The molecular weight excluding hydrogens is 1050 g/mol. The molecule has 16 nitrogen and oxygen atoms in total. The molecule has 79 heavy (non-hydrogen) atoms. The van der Waals surface area contributed by atoms with Crippen molar-refractivity contribution in [3.8, 4) is 0 Å². The molecule has 3 N–H and O–H groups in total. The maximum atomic E-state index is 13.7. The maximum absolute atomic E-state index is 13.7. The standard InChI is InChI=1S/C32H41ClFN5O4.C27H33ClFN5O2/c1-21-13-23(28(14-27(21)33)35-29(40)20-36(5)6)9-12-30(41)39-25-16-37(15-22-7-10-24(34)11-8-22)17-26(39)19-38(18-25)31(42)43-32(2,3)4;1-18-10-20(25(11-24(18)28)31-26(35)17-32(2)3)6-9-27(36)34-22-12-30-13-23(34)16-33(15-22)14-19-4-7-21(29)8-5-19/h7-14,25-26H,15-20H2,1-6H3,(H,35,40);4-11,22-23,30H,12-17H2,1-3H3,(H,31,35)/b12-9+;9-6+. The fraction of sp³-hybridized carbons (Fsp3) is 0.441. The van der Waals surface area contributed by atoms with Crippen LogP contribution in [0.15, 0.2) is 84.9 Å². The fourth-order valence-electron chi connectivity index (χ4n) is 10.4. The van der Waals surface area contributed by atoms with Gasteiger partial charge in [0.1, 0.15) is 17.2 Å². The van der Waals surface area contributed by atoms with E-state index >= 15 is 0 Å². The molecule has 4 saturated heterocycles. The Morgan fingerprint density at radius 3 is 1.38 bits per heavy atom. The molecule has 20 heteroatoms. The summed E-state index contributed by atoms with van der Waals surface area (Å²) >= 11 is 12.7. The van der Waals surface area contributed by atoms with E-state index in [2.05, 4.69) is 25.8 Å². The third-order valence-electron chi connectivity index (χ3n) is 13.8. The number of fused-ring (bicyclic) bond motifs is 4. The lowest BCUT2D eigenvalue weighted by Crippen LogP contribution is -2.70. The number of ether oxygens (including phenoxy) is 1. The Balaban J connectivity index is 0.000000232. The molecule has 4 unspecified atom stereocenters. The number of hydrogen-bond acceptors (Lipinski definition) is 11. The van der Waals surface area contributed by atoms with E-state index in [1.165, 1.54) is 30.3 Å². The first-order chi connectivity index (χ1) is 37.4. The summed E-state index contributed by atoms with van der Waals surface area (Å²) in [7, 11) is 7.27. The van der Waals surface area contributed by atoms with Crippen LogP contribution in [0.2, 0.25) is 10.0 Å². The van der Waals surface area contributed by atoms with E-state index in [1.54, 1.807) is 71.3 Å². The number of benzene rings is 4. The number of halogens is 4. The molecule has 424 valence electrons. The first-order valence-electron chi connectivity index (χ1n) is 26.5. The molecule has 4 aromatic rings. The van der Waals surface area contributed by atoms with Gasteiger partial charge in [-0.15, -0.1) is 0 Å². The minimum absolute atomic E-state index is 0.0429. The van der Waals surface area contributed by atoms with Gasteiger partial charge >= 0.3 is 6.09 Å². The molecule has 0 radical (unpaired) electrons. The Hall–Kier alpha value is -6.25. The van der Waals surface area contributed by atoms with E-state index < -0.39 is 11.7 Å². The van der Waals surface area contributed by atoms with Crippen LogP contribution >= 0.6 is 23.2 Å². The molecule has 8 rings (SSSR count). The molecule has 4 bridgehead atoms. The van der Waals surface area contributed by atoms with E-state index in [-0.39, 0.29) is 72.5 Å². The first kappa shape index (κ1) is 60.4. The average Bonchev–Trinajstić information content (AvgIpc) is 3.38. The van der Waals surface area contributed by atoms with Crippen LogP contribution in [0.4, 0.5) is 25.0 Å². The van der Waals surface area contributed by atoms with Crippen molar-refractivity contribution in [2.24, 2.45) is 0 Å². The lowest BCUT2D eigenvalue weighted by molar-refractivity contribution is -0.141. The van der Waals surface area contributed by atoms with Gasteiger partial charge in [0, 0.05) is 99.0 Å². The maximum Gasteiger partial charge on any atom is 0.410 e. The number of aryl methyl sites for hydroxylation is 2. The number of anilines is 2. The van der Waals surface area contributed by atoms with Crippen molar-refractivity contribution in [1.82, 2.24) is 39.6 Å². The van der Waals surface area contributed by atoms with Crippen molar-refractivity contribution in [3.05, 3.63) is 140 Å². The number of likely N-dealkylation sites (N-methyl/N-ethyl adjacent to an activating group) is 2. The second-order valence-electron chi connectivity index (χ2n) is 22.4. The summed E-state index contributed by atoms with van der Waals surface area (Å²) in [5.74, 6) is -1.10. The largest absolute Gasteiger partial charge is 0.444 e. The van der Waals surface area contributed by atoms with E-state index in [9.17, 15) is 32.8 Å². The minimum atomic E-state index is -0.632. The predicted molar refractivity (Wildman–Crippen MR) is 308 cm³/mol. The van der Waals surface area contributed by atoms with E-state index in [0.29, 0.717) is 59.7 Å². The Kier molecular flexibility index (Phi) is 20.5. The number of hydrogen-bond donors (Lipinski definition) is 3. The number of piperazine rings is 4. The quantitative estimate of drug-likeness (QED) is 0.107. The van der Waals surface area contributed by atoms with Gasteiger partial charge < -0.3 is 45.2 Å². The van der Waals surface area contributed by atoms with Gasteiger partial charge in [-0.3, -0.25) is 29.0 Å². The van der Waals surface area contributed by atoms with Crippen LogP contribution in [-0.2, 0) is 37.0 Å². The summed E-state index contributed by atoms with van der Waals surface area (Å²) in [4.78, 5) is 78.5. The summed E-state index contributed by atoms with van der Waals surface area (Å²) in [5.41, 5.74) is 5.58. The number of nitrogens with zero attached hydrogens (tertiary/aromatic N) is 7. The number of carbonyl (C=O) groups excluding carboxylic acids is 5. The molecule has 0 saturated carbocycles. The highest BCUT2D eigenvalue weighted by Gasteiger charge is 2.44. The van der Waals surface area contributed by atoms with E-state index in [0.717, 1.165) is 60.5 Å². The second-order valence-corrected chi connectivity index (χ2v) is 23.2. The molecule has 0 aromatic heterocycles. The van der Waals surface area contributed by atoms with Crippen LogP contribution in [-0.4, -0.2) is 187 Å². The SMILES string of the molecule is Cc1cc(/C=C/C(=O)N2C3CN(Cc4ccc(F)cc4)CC2CN(C(=O)OC(C)(C)C)C3)c(NC(=O)CN(C)C)cc1Cl.Cc1cc(/C=C/C(=O)N2C3CNCC2CN(Cc2ccc(F)cc2)C3)c(NC(=O)CN(C)C)cc1Cl. The van der Waals surface area contributed by atoms with Crippen LogP contribution in [0, 0.1) is 25.5 Å². The van der Waals surface area contributed by atoms with Crippen molar-refractivity contribution in [1.29, 1.82) is 0 Å². The summed E-state index contributed by atoms with van der Waals surface area (Å²) in [6, 6.07) is 19.7. The molecule has 4 aliphatic heterocycles. The molecule has 4 heterocycles. The van der Waals surface area contributed by atoms with Gasteiger partial charge in [0.25, 0.3) is 0 Å². The summed E-state index contributed by atoms with van der Waals surface area (Å²) < 4.78 is 32.4. The van der Waals surface area contributed by atoms with Gasteiger partial charge in [0.15, 0.2) is 0 Å². The Labute approximate surface area is 473 Å². The van der Waals surface area contributed by atoms with Crippen molar-refractivity contribution in [2.75, 3.05) is 104 Å². The van der Waals surface area contributed by atoms with Gasteiger partial charge in [-0.05, 0) is 157 Å². The molecule has 4 aromatic carbocycles. The average molecular weight is 1130 g/mol. The van der Waals surface area contributed by atoms with Gasteiger partial charge in [-0.2, -0.15) is 0 Å². The van der Waals surface area contributed by atoms with E-state index in [4.69, 9.17) is 27.9 Å². The predicted octanol–water partition coefficient (Wildman–Crippen LogP) is 7.62. The lowest BCUT2D eigenvalue weighted by Gasteiger charge is -2.52. The van der Waals surface area contributed by atoms with Gasteiger partial charge in [0.05, 0.1) is 37.3 Å². The molecule has 5 amide bonds. The zero-order valence-electron chi connectivity index (χ0n) is 46.6. The monoisotopic (exact) mass is 1130 g/mol. The summed E-state index contributed by atoms with van der Waals surface area (Å²) in [5, 5.41) is 10.3. The smallest absolute Gasteiger partial charge is 0.410 e.